The molecule has 0 atom stereocenters. The highest BCUT2D eigenvalue weighted by Crippen LogP contribution is 2.16. The van der Waals surface area contributed by atoms with Crippen molar-refractivity contribution in [3.8, 4) is 0 Å². The van der Waals surface area contributed by atoms with E-state index in [1.165, 1.54) is 35.2 Å². The summed E-state index contributed by atoms with van der Waals surface area (Å²) in [5, 5.41) is 9.10. The number of rotatable bonds is 4. The molecule has 4 nitrogen and oxygen atoms in total. The largest absolute Gasteiger partial charge is 0.478 e. The molecule has 0 aliphatic rings. The van der Waals surface area contributed by atoms with Gasteiger partial charge in [-0.05, 0) is 35.9 Å². The molecule has 1 amide bonds. The number of nitrogens with zero attached hydrogens (tertiary/aromatic N) is 1. The molecule has 0 bridgehead atoms. The maximum absolute atomic E-state index is 12.9. The van der Waals surface area contributed by atoms with E-state index in [0.29, 0.717) is 11.3 Å². The first-order chi connectivity index (χ1) is 9.99. The normalized spacial score (nSPS) is 10.2. The lowest BCUT2D eigenvalue weighted by Crippen LogP contribution is -2.28. The Morgan fingerprint density at radius 2 is 1.71 bits per heavy atom. The van der Waals surface area contributed by atoms with Gasteiger partial charge in [0.15, 0.2) is 0 Å². The van der Waals surface area contributed by atoms with Crippen molar-refractivity contribution in [1.82, 2.24) is 0 Å². The second-order valence-corrected chi connectivity index (χ2v) is 4.57. The minimum absolute atomic E-state index is 0.0314. The molecule has 108 valence electrons. The number of aromatic carboxylic acids is 1. The average Bonchev–Trinajstić information content (AvgIpc) is 2.47. The van der Waals surface area contributed by atoms with E-state index in [9.17, 15) is 14.0 Å². The van der Waals surface area contributed by atoms with Crippen molar-refractivity contribution >= 4 is 17.6 Å². The topological polar surface area (TPSA) is 57.6 Å². The van der Waals surface area contributed by atoms with Crippen LogP contribution in [0.4, 0.5) is 10.1 Å². The lowest BCUT2D eigenvalue weighted by Gasteiger charge is -2.18. The van der Waals surface area contributed by atoms with Crippen molar-refractivity contribution in [2.24, 2.45) is 0 Å². The third kappa shape index (κ3) is 3.45. The SMILES string of the molecule is CN(C(=O)Cc1ccccc1C(=O)O)c1ccc(F)cc1. The molecule has 0 aliphatic heterocycles. The minimum atomic E-state index is -1.07. The first kappa shape index (κ1) is 14.7. The van der Waals surface area contributed by atoms with E-state index in [2.05, 4.69) is 0 Å². The molecule has 5 heteroatoms. The van der Waals surface area contributed by atoms with Gasteiger partial charge in [0, 0.05) is 12.7 Å². The molecule has 0 heterocycles. The number of benzene rings is 2. The summed E-state index contributed by atoms with van der Waals surface area (Å²) in [5.41, 5.74) is 1.11. The molecule has 0 radical (unpaired) electrons. The summed E-state index contributed by atoms with van der Waals surface area (Å²) in [7, 11) is 1.57. The number of carbonyl (C=O) groups excluding carboxylic acids is 1. The third-order valence-electron chi connectivity index (χ3n) is 3.18. The van der Waals surface area contributed by atoms with Crippen LogP contribution in [0.1, 0.15) is 15.9 Å². The van der Waals surface area contributed by atoms with Crippen LogP contribution in [0.3, 0.4) is 0 Å². The van der Waals surface area contributed by atoms with Gasteiger partial charge in [0.2, 0.25) is 5.91 Å². The number of anilines is 1. The van der Waals surface area contributed by atoms with Gasteiger partial charge in [-0.3, -0.25) is 4.79 Å². The number of hydrogen-bond donors (Lipinski definition) is 1. The molecule has 0 aliphatic carbocycles. The van der Waals surface area contributed by atoms with Crippen molar-refractivity contribution in [1.29, 1.82) is 0 Å². The first-order valence-corrected chi connectivity index (χ1v) is 6.32. The summed E-state index contributed by atoms with van der Waals surface area (Å²) in [6.07, 6.45) is -0.0314. The van der Waals surface area contributed by atoms with Crippen molar-refractivity contribution in [3.05, 3.63) is 65.5 Å². The van der Waals surface area contributed by atoms with Crippen LogP contribution in [0, 0.1) is 5.82 Å². The maximum atomic E-state index is 12.9. The summed E-state index contributed by atoms with van der Waals surface area (Å²) in [5.74, 6) is -1.71. The van der Waals surface area contributed by atoms with Crippen molar-refractivity contribution in [2.75, 3.05) is 11.9 Å². The fourth-order valence-electron chi connectivity index (χ4n) is 1.97. The van der Waals surface area contributed by atoms with Gasteiger partial charge in [-0.25, -0.2) is 9.18 Å². The zero-order valence-corrected chi connectivity index (χ0v) is 11.4. The summed E-state index contributed by atoms with van der Waals surface area (Å²) in [6, 6.07) is 11.9. The number of carbonyl (C=O) groups is 2. The lowest BCUT2D eigenvalue weighted by molar-refractivity contribution is -0.117. The predicted octanol–water partition coefficient (Wildman–Crippen LogP) is 2.73. The van der Waals surface area contributed by atoms with Gasteiger partial charge < -0.3 is 10.0 Å². The number of amides is 1. The number of carboxylic acid groups (broad SMARTS) is 1. The van der Waals surface area contributed by atoms with Crippen LogP contribution in [-0.2, 0) is 11.2 Å². The van der Waals surface area contributed by atoms with E-state index in [-0.39, 0.29) is 23.7 Å². The van der Waals surface area contributed by atoms with Crippen LogP contribution in [-0.4, -0.2) is 24.0 Å². The molecule has 0 spiro atoms. The zero-order valence-electron chi connectivity index (χ0n) is 11.4. The highest BCUT2D eigenvalue weighted by Gasteiger charge is 2.16. The van der Waals surface area contributed by atoms with E-state index in [1.54, 1.807) is 25.2 Å². The fraction of sp³-hybridized carbons (Fsp3) is 0.125. The van der Waals surface area contributed by atoms with E-state index >= 15 is 0 Å². The van der Waals surface area contributed by atoms with Crippen LogP contribution in [0.15, 0.2) is 48.5 Å². The van der Waals surface area contributed by atoms with Gasteiger partial charge in [0.05, 0.1) is 12.0 Å². The molecule has 2 rings (SSSR count). The summed E-state index contributed by atoms with van der Waals surface area (Å²) >= 11 is 0. The highest BCUT2D eigenvalue weighted by molar-refractivity contribution is 5.97. The maximum Gasteiger partial charge on any atom is 0.335 e. The standard InChI is InChI=1S/C16H14FNO3/c1-18(13-8-6-12(17)7-9-13)15(19)10-11-4-2-3-5-14(11)16(20)21/h2-9H,10H2,1H3,(H,20,21). The van der Waals surface area contributed by atoms with Gasteiger partial charge in [-0.15, -0.1) is 0 Å². The van der Waals surface area contributed by atoms with Crippen molar-refractivity contribution in [3.63, 3.8) is 0 Å². The monoisotopic (exact) mass is 287 g/mol. The van der Waals surface area contributed by atoms with Crippen LogP contribution < -0.4 is 4.90 Å². The van der Waals surface area contributed by atoms with Crippen LogP contribution >= 0.6 is 0 Å². The van der Waals surface area contributed by atoms with E-state index < -0.39 is 5.97 Å². The molecule has 0 saturated heterocycles. The molecule has 21 heavy (non-hydrogen) atoms. The van der Waals surface area contributed by atoms with Crippen LogP contribution in [0.2, 0.25) is 0 Å². The van der Waals surface area contributed by atoms with Crippen LogP contribution in [0.25, 0.3) is 0 Å². The molecule has 0 unspecified atom stereocenters. The van der Waals surface area contributed by atoms with Crippen molar-refractivity contribution in [2.45, 2.75) is 6.42 Å². The Morgan fingerprint density at radius 3 is 2.33 bits per heavy atom. The molecular formula is C16H14FNO3. The highest BCUT2D eigenvalue weighted by atomic mass is 19.1. The number of hydrogen-bond acceptors (Lipinski definition) is 2. The smallest absolute Gasteiger partial charge is 0.335 e. The lowest BCUT2D eigenvalue weighted by atomic mass is 10.0. The van der Waals surface area contributed by atoms with Gasteiger partial charge in [-0.1, -0.05) is 18.2 Å². The summed E-state index contributed by atoms with van der Waals surface area (Å²) in [4.78, 5) is 24.7. The number of likely N-dealkylation sites (N-methyl/N-ethyl adjacent to an activating group) is 1. The first-order valence-electron chi connectivity index (χ1n) is 6.32. The summed E-state index contributed by atoms with van der Waals surface area (Å²) < 4.78 is 12.9. The molecule has 0 fully saturated rings. The predicted molar refractivity (Wildman–Crippen MR) is 76.9 cm³/mol. The number of carboxylic acids is 1. The molecule has 2 aromatic carbocycles. The van der Waals surface area contributed by atoms with E-state index in [0.717, 1.165) is 0 Å². The average molecular weight is 287 g/mol. The second kappa shape index (κ2) is 6.17. The zero-order chi connectivity index (χ0) is 15.4. The Bertz CT molecular complexity index is 667. The van der Waals surface area contributed by atoms with E-state index in [1.807, 2.05) is 0 Å². The molecular weight excluding hydrogens is 273 g/mol. The Labute approximate surface area is 121 Å². The molecule has 1 N–H and O–H groups in total. The van der Waals surface area contributed by atoms with Gasteiger partial charge in [-0.2, -0.15) is 0 Å². The fourth-order valence-corrected chi connectivity index (χ4v) is 1.97. The second-order valence-electron chi connectivity index (χ2n) is 4.57. The summed E-state index contributed by atoms with van der Waals surface area (Å²) in [6.45, 7) is 0. The van der Waals surface area contributed by atoms with E-state index in [4.69, 9.17) is 5.11 Å². The van der Waals surface area contributed by atoms with Crippen LogP contribution in [0.5, 0.6) is 0 Å². The Balaban J connectivity index is 2.18. The quantitative estimate of drug-likeness (QED) is 0.940. The Hall–Kier alpha value is -2.69. The van der Waals surface area contributed by atoms with Crippen molar-refractivity contribution < 1.29 is 19.1 Å². The molecule has 2 aromatic rings. The van der Waals surface area contributed by atoms with Gasteiger partial charge in [0.1, 0.15) is 5.82 Å². The third-order valence-corrected chi connectivity index (χ3v) is 3.18. The number of halogens is 1. The van der Waals surface area contributed by atoms with Gasteiger partial charge >= 0.3 is 5.97 Å². The molecule has 0 aromatic heterocycles. The Kier molecular flexibility index (Phi) is 4.33. The Morgan fingerprint density at radius 1 is 1.10 bits per heavy atom. The minimum Gasteiger partial charge on any atom is -0.478 e. The van der Waals surface area contributed by atoms with Gasteiger partial charge in [0.25, 0.3) is 0 Å². The molecule has 0 saturated carbocycles.